The summed E-state index contributed by atoms with van der Waals surface area (Å²) in [5.74, 6) is 0.0791. The van der Waals surface area contributed by atoms with Crippen LogP contribution in [0.3, 0.4) is 0 Å². The average molecular weight is 390 g/mol. The highest BCUT2D eigenvalue weighted by molar-refractivity contribution is 6.04. The first-order chi connectivity index (χ1) is 13.1. The lowest BCUT2D eigenvalue weighted by atomic mass is 9.92. The molecule has 152 valence electrons. The molecule has 1 N–H and O–H groups in total. The minimum atomic E-state index is -0.572. The van der Waals surface area contributed by atoms with Crippen molar-refractivity contribution in [2.24, 2.45) is 7.05 Å². The number of rotatable bonds is 7. The molecule has 28 heavy (non-hydrogen) atoms. The fraction of sp³-hybridized carbons (Fsp3) is 0.474. The first-order valence-electron chi connectivity index (χ1n) is 9.02. The van der Waals surface area contributed by atoms with Crippen LogP contribution in [0.5, 0.6) is 11.5 Å². The normalized spacial score (nSPS) is 11.2. The lowest BCUT2D eigenvalue weighted by Crippen LogP contribution is -2.17. The number of nitro benzene ring substituents is 1. The van der Waals surface area contributed by atoms with E-state index in [1.807, 2.05) is 20.8 Å². The van der Waals surface area contributed by atoms with Gasteiger partial charge in [0.1, 0.15) is 11.4 Å². The number of hydrogen-bond donors (Lipinski definition) is 1. The van der Waals surface area contributed by atoms with Gasteiger partial charge in [-0.2, -0.15) is 5.10 Å². The minimum absolute atomic E-state index is 0.0282. The second-order valence-electron chi connectivity index (χ2n) is 7.18. The number of nitrogens with one attached hydrogen (secondary N) is 1. The van der Waals surface area contributed by atoms with Crippen LogP contribution in [0.1, 0.15) is 50.8 Å². The van der Waals surface area contributed by atoms with Crippen molar-refractivity contribution in [3.8, 4) is 11.5 Å². The molecule has 1 amide bonds. The average Bonchev–Trinajstić information content (AvgIpc) is 2.99. The van der Waals surface area contributed by atoms with Gasteiger partial charge in [-0.15, -0.1) is 0 Å². The Bertz CT molecular complexity index is 883. The Morgan fingerprint density at radius 2 is 1.75 bits per heavy atom. The van der Waals surface area contributed by atoms with E-state index >= 15 is 0 Å². The van der Waals surface area contributed by atoms with Crippen LogP contribution in [0.15, 0.2) is 18.2 Å². The molecule has 0 radical (unpaired) electrons. The Morgan fingerprint density at radius 1 is 1.18 bits per heavy atom. The summed E-state index contributed by atoms with van der Waals surface area (Å²) >= 11 is 0. The molecular formula is C19H26N4O5. The van der Waals surface area contributed by atoms with E-state index < -0.39 is 10.8 Å². The maximum absolute atomic E-state index is 12.8. The number of nitrogens with zero attached hydrogens (tertiary/aromatic N) is 3. The summed E-state index contributed by atoms with van der Waals surface area (Å²) in [5.41, 5.74) is 0.560. The molecule has 2 rings (SSSR count). The number of carbonyl (C=O) groups excluding carboxylic acids is 1. The number of carbonyl (C=O) groups is 1. The summed E-state index contributed by atoms with van der Waals surface area (Å²) in [5, 5.41) is 18.5. The summed E-state index contributed by atoms with van der Waals surface area (Å²) in [7, 11) is 1.66. The Balaban J connectivity index is 2.44. The number of nitro groups is 1. The van der Waals surface area contributed by atoms with Crippen molar-refractivity contribution in [2.45, 2.75) is 40.0 Å². The largest absolute Gasteiger partial charge is 0.490 e. The molecule has 0 aliphatic rings. The molecule has 0 bridgehead atoms. The molecule has 0 spiro atoms. The van der Waals surface area contributed by atoms with Crippen LogP contribution in [-0.4, -0.2) is 33.8 Å². The molecule has 0 unspecified atom stereocenters. The van der Waals surface area contributed by atoms with Gasteiger partial charge in [0.15, 0.2) is 11.5 Å². The summed E-state index contributed by atoms with van der Waals surface area (Å²) in [4.78, 5) is 23.7. The third-order valence-electron chi connectivity index (χ3n) is 3.99. The van der Waals surface area contributed by atoms with Gasteiger partial charge in [0.05, 0.1) is 29.9 Å². The topological polar surface area (TPSA) is 109 Å². The Kier molecular flexibility index (Phi) is 6.27. The van der Waals surface area contributed by atoms with Gasteiger partial charge in [0.25, 0.3) is 11.6 Å². The number of anilines is 1. The SMILES string of the molecule is CCOc1cc(NC(=O)c2cc(C(C)(C)C)nn2C)c([N+](=O)[O-])cc1OCC. The van der Waals surface area contributed by atoms with Crippen LogP contribution in [0, 0.1) is 10.1 Å². The zero-order valence-electron chi connectivity index (χ0n) is 17.0. The van der Waals surface area contributed by atoms with Gasteiger partial charge in [-0.05, 0) is 19.9 Å². The van der Waals surface area contributed by atoms with Gasteiger partial charge < -0.3 is 14.8 Å². The summed E-state index contributed by atoms with van der Waals surface area (Å²) in [6.45, 7) is 10.2. The molecule has 1 heterocycles. The quantitative estimate of drug-likeness (QED) is 0.571. The van der Waals surface area contributed by atoms with E-state index in [9.17, 15) is 14.9 Å². The van der Waals surface area contributed by atoms with E-state index in [0.29, 0.717) is 24.7 Å². The zero-order chi connectivity index (χ0) is 21.1. The van der Waals surface area contributed by atoms with Crippen molar-refractivity contribution in [1.29, 1.82) is 0 Å². The summed E-state index contributed by atoms with van der Waals surface area (Å²) < 4.78 is 12.4. The second-order valence-corrected chi connectivity index (χ2v) is 7.18. The fourth-order valence-corrected chi connectivity index (χ4v) is 2.57. The molecule has 0 saturated carbocycles. The standard InChI is InChI=1S/C19H26N4O5/c1-7-27-15-9-12(13(23(25)26)10-16(15)28-8-2)20-18(24)14-11-17(19(3,4)5)21-22(14)6/h9-11H,7-8H2,1-6H3,(H,20,24). The molecule has 9 nitrogen and oxygen atoms in total. The Labute approximate surface area is 163 Å². The summed E-state index contributed by atoms with van der Waals surface area (Å²) in [6.07, 6.45) is 0. The van der Waals surface area contributed by atoms with E-state index in [1.54, 1.807) is 27.0 Å². The first kappa shape index (κ1) is 21.2. The van der Waals surface area contributed by atoms with Gasteiger partial charge in [0, 0.05) is 18.5 Å². The van der Waals surface area contributed by atoms with E-state index in [0.717, 1.165) is 5.69 Å². The van der Waals surface area contributed by atoms with E-state index in [4.69, 9.17) is 9.47 Å². The third-order valence-corrected chi connectivity index (χ3v) is 3.99. The Morgan fingerprint density at radius 3 is 2.21 bits per heavy atom. The molecule has 9 heteroatoms. The van der Waals surface area contributed by atoms with Gasteiger partial charge in [-0.25, -0.2) is 0 Å². The van der Waals surface area contributed by atoms with Gasteiger partial charge in [0.2, 0.25) is 0 Å². The van der Waals surface area contributed by atoms with Gasteiger partial charge in [-0.3, -0.25) is 19.6 Å². The molecule has 2 aromatic rings. The van der Waals surface area contributed by atoms with E-state index in [1.165, 1.54) is 16.8 Å². The molecule has 1 aromatic heterocycles. The van der Waals surface area contributed by atoms with Gasteiger partial charge >= 0.3 is 0 Å². The Hall–Kier alpha value is -3.10. The zero-order valence-corrected chi connectivity index (χ0v) is 17.0. The molecule has 0 saturated heterocycles. The molecule has 0 fully saturated rings. The molecule has 0 atom stereocenters. The predicted molar refractivity (Wildman–Crippen MR) is 105 cm³/mol. The highest BCUT2D eigenvalue weighted by atomic mass is 16.6. The van der Waals surface area contributed by atoms with Gasteiger partial charge in [-0.1, -0.05) is 20.8 Å². The number of benzene rings is 1. The lowest BCUT2D eigenvalue weighted by molar-refractivity contribution is -0.384. The van der Waals surface area contributed by atoms with Crippen LogP contribution in [-0.2, 0) is 12.5 Å². The number of hydrogen-bond acceptors (Lipinski definition) is 6. The van der Waals surface area contributed by atoms with E-state index in [-0.39, 0.29) is 22.5 Å². The smallest absolute Gasteiger partial charge is 0.296 e. The molecule has 0 aliphatic heterocycles. The van der Waals surface area contributed by atoms with Crippen LogP contribution in [0.25, 0.3) is 0 Å². The predicted octanol–water partition coefficient (Wildman–Crippen LogP) is 3.68. The van der Waals surface area contributed by atoms with Crippen LogP contribution in [0.4, 0.5) is 11.4 Å². The fourth-order valence-electron chi connectivity index (χ4n) is 2.57. The highest BCUT2D eigenvalue weighted by Crippen LogP contribution is 2.38. The molecular weight excluding hydrogens is 364 g/mol. The maximum atomic E-state index is 12.8. The molecule has 0 aliphatic carbocycles. The maximum Gasteiger partial charge on any atom is 0.296 e. The second kappa shape index (κ2) is 8.28. The number of aromatic nitrogens is 2. The van der Waals surface area contributed by atoms with Crippen LogP contribution < -0.4 is 14.8 Å². The lowest BCUT2D eigenvalue weighted by Gasteiger charge is -2.14. The van der Waals surface area contributed by atoms with Crippen molar-refractivity contribution in [3.63, 3.8) is 0 Å². The van der Waals surface area contributed by atoms with Crippen molar-refractivity contribution in [1.82, 2.24) is 9.78 Å². The highest BCUT2D eigenvalue weighted by Gasteiger charge is 2.25. The van der Waals surface area contributed by atoms with E-state index in [2.05, 4.69) is 10.4 Å². The van der Waals surface area contributed by atoms with Crippen molar-refractivity contribution >= 4 is 17.3 Å². The van der Waals surface area contributed by atoms with Crippen molar-refractivity contribution in [3.05, 3.63) is 39.7 Å². The van der Waals surface area contributed by atoms with Crippen molar-refractivity contribution in [2.75, 3.05) is 18.5 Å². The summed E-state index contributed by atoms with van der Waals surface area (Å²) in [6, 6.07) is 4.35. The third kappa shape index (κ3) is 4.59. The number of aryl methyl sites for hydroxylation is 1. The van der Waals surface area contributed by atoms with Crippen molar-refractivity contribution < 1.29 is 19.2 Å². The minimum Gasteiger partial charge on any atom is -0.490 e. The molecule has 1 aromatic carbocycles. The number of amides is 1. The number of ether oxygens (including phenoxy) is 2. The van der Waals surface area contributed by atoms with Crippen LogP contribution >= 0.6 is 0 Å². The monoisotopic (exact) mass is 390 g/mol. The first-order valence-corrected chi connectivity index (χ1v) is 9.02. The van der Waals surface area contributed by atoms with Crippen LogP contribution in [0.2, 0.25) is 0 Å².